The molecule has 0 radical (unpaired) electrons. The third-order valence-electron chi connectivity index (χ3n) is 4.49. The molecule has 27 heavy (non-hydrogen) atoms. The van der Waals surface area contributed by atoms with Crippen molar-refractivity contribution < 1.29 is 18.7 Å². The third kappa shape index (κ3) is 3.67. The molecule has 0 bridgehead atoms. The van der Waals surface area contributed by atoms with Crippen LogP contribution in [0.1, 0.15) is 17.3 Å². The fraction of sp³-hybridized carbons (Fsp3) is 0.227. The largest absolute Gasteiger partial charge is 0.493 e. The highest BCUT2D eigenvalue weighted by Gasteiger charge is 2.23. The first-order valence-electron chi connectivity index (χ1n) is 8.76. The van der Waals surface area contributed by atoms with Crippen molar-refractivity contribution in [2.45, 2.75) is 6.92 Å². The van der Waals surface area contributed by atoms with Gasteiger partial charge in [0.25, 0.3) is 5.91 Å². The second kappa shape index (κ2) is 7.99. The van der Waals surface area contributed by atoms with Gasteiger partial charge >= 0.3 is 0 Å². The maximum atomic E-state index is 12.9. The van der Waals surface area contributed by atoms with Crippen LogP contribution in [0.15, 0.2) is 59.0 Å². The van der Waals surface area contributed by atoms with Gasteiger partial charge in [0.05, 0.1) is 19.8 Å². The van der Waals surface area contributed by atoms with Gasteiger partial charge in [-0.3, -0.25) is 4.79 Å². The standard InChI is InChI=1S/C22H23NO4/c1-5-23(2)22(24)17-14-19(15-9-7-6-8-10-15)27-21(17)16-11-12-18(25-3)20(13-16)26-4/h6-14H,5H2,1-4H3. The number of furan rings is 1. The summed E-state index contributed by atoms with van der Waals surface area (Å²) in [5.74, 6) is 2.27. The van der Waals surface area contributed by atoms with Crippen molar-refractivity contribution in [2.75, 3.05) is 27.8 Å². The van der Waals surface area contributed by atoms with Crippen LogP contribution in [0.4, 0.5) is 0 Å². The number of benzene rings is 2. The molecule has 1 aromatic heterocycles. The lowest BCUT2D eigenvalue weighted by molar-refractivity contribution is 0.0802. The minimum Gasteiger partial charge on any atom is -0.493 e. The Morgan fingerprint density at radius 2 is 1.67 bits per heavy atom. The van der Waals surface area contributed by atoms with Crippen molar-refractivity contribution >= 4 is 5.91 Å². The molecule has 0 fully saturated rings. The summed E-state index contributed by atoms with van der Waals surface area (Å²) in [5, 5.41) is 0. The smallest absolute Gasteiger partial charge is 0.257 e. The van der Waals surface area contributed by atoms with E-state index in [1.807, 2.05) is 49.4 Å². The molecule has 140 valence electrons. The van der Waals surface area contributed by atoms with Crippen LogP contribution in [0, 0.1) is 0 Å². The summed E-state index contributed by atoms with van der Waals surface area (Å²) in [6.07, 6.45) is 0. The fourth-order valence-electron chi connectivity index (χ4n) is 2.84. The second-order valence-electron chi connectivity index (χ2n) is 6.11. The first-order valence-corrected chi connectivity index (χ1v) is 8.76. The molecule has 0 aliphatic carbocycles. The molecule has 0 spiro atoms. The van der Waals surface area contributed by atoms with Crippen molar-refractivity contribution in [3.8, 4) is 34.1 Å². The molecule has 0 N–H and O–H groups in total. The maximum absolute atomic E-state index is 12.9. The minimum atomic E-state index is -0.0896. The van der Waals surface area contributed by atoms with E-state index in [1.54, 1.807) is 38.3 Å². The molecule has 3 rings (SSSR count). The zero-order valence-corrected chi connectivity index (χ0v) is 16.0. The average Bonchev–Trinajstić information content (AvgIpc) is 3.18. The van der Waals surface area contributed by atoms with E-state index in [0.29, 0.717) is 35.1 Å². The topological polar surface area (TPSA) is 51.9 Å². The van der Waals surface area contributed by atoms with Crippen LogP contribution in [-0.2, 0) is 0 Å². The van der Waals surface area contributed by atoms with Gasteiger partial charge in [0.2, 0.25) is 0 Å². The number of carbonyl (C=O) groups excluding carboxylic acids is 1. The van der Waals surface area contributed by atoms with Crippen LogP contribution in [-0.4, -0.2) is 38.6 Å². The van der Waals surface area contributed by atoms with Gasteiger partial charge in [-0.1, -0.05) is 30.3 Å². The Hall–Kier alpha value is -3.21. The van der Waals surface area contributed by atoms with E-state index in [2.05, 4.69) is 0 Å². The van der Waals surface area contributed by atoms with E-state index in [4.69, 9.17) is 13.9 Å². The number of amides is 1. The van der Waals surface area contributed by atoms with Gasteiger partial charge < -0.3 is 18.8 Å². The Balaban J connectivity index is 2.15. The van der Waals surface area contributed by atoms with Crippen LogP contribution in [0.2, 0.25) is 0 Å². The molecule has 5 nitrogen and oxygen atoms in total. The number of ether oxygens (including phenoxy) is 2. The first-order chi connectivity index (χ1) is 13.1. The Kier molecular flexibility index (Phi) is 5.50. The summed E-state index contributed by atoms with van der Waals surface area (Å²) in [4.78, 5) is 14.6. The molecule has 0 unspecified atom stereocenters. The van der Waals surface area contributed by atoms with E-state index >= 15 is 0 Å². The van der Waals surface area contributed by atoms with Gasteiger partial charge in [-0.15, -0.1) is 0 Å². The summed E-state index contributed by atoms with van der Waals surface area (Å²) >= 11 is 0. The average molecular weight is 365 g/mol. The number of rotatable bonds is 6. The molecule has 3 aromatic rings. The molecule has 1 amide bonds. The van der Waals surface area contributed by atoms with Gasteiger partial charge in [-0.2, -0.15) is 0 Å². The van der Waals surface area contributed by atoms with Crippen molar-refractivity contribution in [3.05, 3.63) is 60.2 Å². The molecule has 5 heteroatoms. The van der Waals surface area contributed by atoms with Gasteiger partial charge in [0, 0.05) is 24.7 Å². The van der Waals surface area contributed by atoms with Crippen LogP contribution in [0.5, 0.6) is 11.5 Å². The third-order valence-corrected chi connectivity index (χ3v) is 4.49. The van der Waals surface area contributed by atoms with E-state index < -0.39 is 0 Å². The molecule has 0 aliphatic rings. The van der Waals surface area contributed by atoms with Crippen LogP contribution in [0.3, 0.4) is 0 Å². The van der Waals surface area contributed by atoms with Crippen LogP contribution >= 0.6 is 0 Å². The summed E-state index contributed by atoms with van der Waals surface area (Å²) < 4.78 is 16.8. The van der Waals surface area contributed by atoms with Crippen LogP contribution < -0.4 is 9.47 Å². The Morgan fingerprint density at radius 3 is 2.30 bits per heavy atom. The Bertz CT molecular complexity index is 931. The molecule has 0 saturated heterocycles. The number of hydrogen-bond acceptors (Lipinski definition) is 4. The monoisotopic (exact) mass is 365 g/mol. The highest BCUT2D eigenvalue weighted by Crippen LogP contribution is 2.37. The van der Waals surface area contributed by atoms with Crippen molar-refractivity contribution in [2.24, 2.45) is 0 Å². The minimum absolute atomic E-state index is 0.0896. The second-order valence-corrected chi connectivity index (χ2v) is 6.11. The predicted octanol–water partition coefficient (Wildman–Crippen LogP) is 4.72. The lowest BCUT2D eigenvalue weighted by Gasteiger charge is -2.14. The van der Waals surface area contributed by atoms with Gasteiger partial charge in [0.15, 0.2) is 11.5 Å². The summed E-state index contributed by atoms with van der Waals surface area (Å²) in [6.45, 7) is 2.54. The van der Waals surface area contributed by atoms with Gasteiger partial charge in [-0.05, 0) is 31.2 Å². The number of hydrogen-bond donors (Lipinski definition) is 0. The zero-order chi connectivity index (χ0) is 19.4. The Labute approximate surface area is 159 Å². The highest BCUT2D eigenvalue weighted by atomic mass is 16.5. The maximum Gasteiger partial charge on any atom is 0.257 e. The molecular weight excluding hydrogens is 342 g/mol. The zero-order valence-electron chi connectivity index (χ0n) is 16.0. The van der Waals surface area contributed by atoms with E-state index in [1.165, 1.54) is 0 Å². The van der Waals surface area contributed by atoms with E-state index in [0.717, 1.165) is 11.1 Å². The van der Waals surface area contributed by atoms with Gasteiger partial charge in [0.1, 0.15) is 11.5 Å². The molecule has 2 aromatic carbocycles. The molecule has 0 saturated carbocycles. The van der Waals surface area contributed by atoms with Crippen molar-refractivity contribution in [1.29, 1.82) is 0 Å². The predicted molar refractivity (Wildman–Crippen MR) is 105 cm³/mol. The van der Waals surface area contributed by atoms with E-state index in [-0.39, 0.29) is 5.91 Å². The van der Waals surface area contributed by atoms with Gasteiger partial charge in [-0.25, -0.2) is 0 Å². The lowest BCUT2D eigenvalue weighted by atomic mass is 10.1. The van der Waals surface area contributed by atoms with Crippen molar-refractivity contribution in [3.63, 3.8) is 0 Å². The molecule has 1 heterocycles. The fourth-order valence-corrected chi connectivity index (χ4v) is 2.84. The molecule has 0 atom stereocenters. The number of nitrogens with zero attached hydrogens (tertiary/aromatic N) is 1. The lowest BCUT2D eigenvalue weighted by Crippen LogP contribution is -2.26. The highest BCUT2D eigenvalue weighted by molar-refractivity contribution is 6.01. The van der Waals surface area contributed by atoms with E-state index in [9.17, 15) is 4.79 Å². The Morgan fingerprint density at radius 1 is 0.963 bits per heavy atom. The molecule has 0 aliphatic heterocycles. The normalized spacial score (nSPS) is 10.5. The number of methoxy groups -OCH3 is 2. The molecular formula is C22H23NO4. The van der Waals surface area contributed by atoms with Crippen molar-refractivity contribution in [1.82, 2.24) is 4.90 Å². The number of carbonyl (C=O) groups is 1. The van der Waals surface area contributed by atoms with Crippen LogP contribution in [0.25, 0.3) is 22.6 Å². The summed E-state index contributed by atoms with van der Waals surface area (Å²) in [7, 11) is 4.94. The SMILES string of the molecule is CCN(C)C(=O)c1cc(-c2ccccc2)oc1-c1ccc(OC)c(OC)c1. The first kappa shape index (κ1) is 18.6. The summed E-state index contributed by atoms with van der Waals surface area (Å²) in [6, 6.07) is 17.0. The quantitative estimate of drug-likeness (QED) is 0.634. The summed E-state index contributed by atoms with van der Waals surface area (Å²) in [5.41, 5.74) is 2.19.